The van der Waals surface area contributed by atoms with Crippen molar-refractivity contribution in [1.82, 2.24) is 10.2 Å². The summed E-state index contributed by atoms with van der Waals surface area (Å²) in [4.78, 5) is 0. The Balaban J connectivity index is 1.80. The molecule has 1 heterocycles. The Morgan fingerprint density at radius 3 is 2.61 bits per heavy atom. The molecule has 0 aliphatic heterocycles. The first-order valence-electron chi connectivity index (χ1n) is 6.80. The van der Waals surface area contributed by atoms with Crippen LogP contribution < -0.4 is 4.74 Å². The van der Waals surface area contributed by atoms with E-state index in [0.717, 1.165) is 5.56 Å². The van der Waals surface area contributed by atoms with Crippen LogP contribution in [0.25, 0.3) is 23.6 Å². The van der Waals surface area contributed by atoms with E-state index in [0.29, 0.717) is 23.1 Å². The van der Waals surface area contributed by atoms with Crippen LogP contribution in [0.2, 0.25) is 0 Å². The zero-order valence-corrected chi connectivity index (χ0v) is 12.2. The average Bonchev–Trinajstić information content (AvgIpc) is 3.04. The maximum absolute atomic E-state index is 12.9. The van der Waals surface area contributed by atoms with Gasteiger partial charge in [0.2, 0.25) is 11.8 Å². The van der Waals surface area contributed by atoms with Crippen molar-refractivity contribution >= 4 is 12.2 Å². The van der Waals surface area contributed by atoms with Crippen LogP contribution in [0.5, 0.6) is 11.5 Å². The molecule has 2 aromatic carbocycles. The van der Waals surface area contributed by atoms with E-state index in [1.807, 2.05) is 0 Å². The number of methoxy groups -OCH3 is 1. The number of aromatic nitrogens is 2. The van der Waals surface area contributed by atoms with Gasteiger partial charge in [-0.2, -0.15) is 0 Å². The van der Waals surface area contributed by atoms with Crippen LogP contribution in [0.3, 0.4) is 0 Å². The third-order valence-corrected chi connectivity index (χ3v) is 3.15. The lowest BCUT2D eigenvalue weighted by Gasteiger charge is -2.03. The molecule has 5 nitrogen and oxygen atoms in total. The monoisotopic (exact) mass is 312 g/mol. The highest BCUT2D eigenvalue weighted by atomic mass is 19.1. The van der Waals surface area contributed by atoms with E-state index in [-0.39, 0.29) is 11.6 Å². The second-order valence-corrected chi connectivity index (χ2v) is 4.72. The van der Waals surface area contributed by atoms with Gasteiger partial charge in [-0.15, -0.1) is 10.2 Å². The molecule has 0 saturated carbocycles. The summed E-state index contributed by atoms with van der Waals surface area (Å²) in [6, 6.07) is 10.8. The first-order valence-corrected chi connectivity index (χ1v) is 6.80. The lowest BCUT2D eigenvalue weighted by Crippen LogP contribution is -1.84. The molecule has 3 rings (SSSR count). The van der Waals surface area contributed by atoms with Gasteiger partial charge in [0.25, 0.3) is 0 Å². The van der Waals surface area contributed by atoms with E-state index in [2.05, 4.69) is 10.2 Å². The minimum atomic E-state index is -0.324. The molecule has 6 heteroatoms. The Kier molecular flexibility index (Phi) is 4.05. The van der Waals surface area contributed by atoms with E-state index in [9.17, 15) is 9.50 Å². The van der Waals surface area contributed by atoms with E-state index in [1.165, 1.54) is 25.3 Å². The summed E-state index contributed by atoms with van der Waals surface area (Å²) < 4.78 is 23.4. The molecule has 3 aromatic rings. The third kappa shape index (κ3) is 3.37. The molecule has 0 fully saturated rings. The van der Waals surface area contributed by atoms with Crippen LogP contribution in [0, 0.1) is 5.82 Å². The number of hydrogen-bond donors (Lipinski definition) is 1. The smallest absolute Gasteiger partial charge is 0.248 e. The van der Waals surface area contributed by atoms with Gasteiger partial charge in [0.15, 0.2) is 11.5 Å². The Morgan fingerprint density at radius 2 is 1.87 bits per heavy atom. The lowest BCUT2D eigenvalue weighted by atomic mass is 10.2. The van der Waals surface area contributed by atoms with E-state index >= 15 is 0 Å². The second kappa shape index (κ2) is 6.31. The molecule has 0 atom stereocenters. The summed E-state index contributed by atoms with van der Waals surface area (Å²) in [6.07, 6.45) is 3.40. The SMILES string of the molecule is COc1cc(/C=C/c2nnc(-c3ccc(F)cc3)o2)ccc1O. The Hall–Kier alpha value is -3.15. The fourth-order valence-corrected chi connectivity index (χ4v) is 1.98. The number of ether oxygens (including phenoxy) is 1. The van der Waals surface area contributed by atoms with Gasteiger partial charge in [-0.3, -0.25) is 0 Å². The topological polar surface area (TPSA) is 68.4 Å². The lowest BCUT2D eigenvalue weighted by molar-refractivity contribution is 0.373. The molecule has 1 aromatic heterocycles. The zero-order chi connectivity index (χ0) is 16.2. The number of phenols is 1. The summed E-state index contributed by atoms with van der Waals surface area (Å²) >= 11 is 0. The summed E-state index contributed by atoms with van der Waals surface area (Å²) in [5.74, 6) is 0.754. The van der Waals surface area contributed by atoms with Crippen molar-refractivity contribution in [3.05, 3.63) is 59.7 Å². The average molecular weight is 312 g/mol. The predicted octanol–water partition coefficient (Wildman–Crippen LogP) is 3.76. The molecule has 0 amide bonds. The quantitative estimate of drug-likeness (QED) is 0.794. The van der Waals surface area contributed by atoms with Crippen LogP contribution in [-0.4, -0.2) is 22.4 Å². The van der Waals surface area contributed by atoms with E-state index < -0.39 is 0 Å². The molecular formula is C17H13FN2O3. The molecule has 0 radical (unpaired) electrons. The van der Waals surface area contributed by atoms with Crippen molar-refractivity contribution < 1.29 is 18.7 Å². The molecule has 0 aliphatic carbocycles. The van der Waals surface area contributed by atoms with Crippen LogP contribution in [0.4, 0.5) is 4.39 Å². The van der Waals surface area contributed by atoms with Gasteiger partial charge in [-0.25, -0.2) is 4.39 Å². The maximum Gasteiger partial charge on any atom is 0.248 e. The molecule has 1 N–H and O–H groups in total. The molecule has 0 saturated heterocycles. The summed E-state index contributed by atoms with van der Waals surface area (Å²) in [5, 5.41) is 17.4. The molecular weight excluding hydrogens is 299 g/mol. The minimum absolute atomic E-state index is 0.0704. The van der Waals surface area contributed by atoms with Gasteiger partial charge in [-0.05, 0) is 48.0 Å². The van der Waals surface area contributed by atoms with Crippen LogP contribution in [-0.2, 0) is 0 Å². The van der Waals surface area contributed by atoms with Crippen molar-refractivity contribution in [3.63, 3.8) is 0 Å². The van der Waals surface area contributed by atoms with Crippen LogP contribution in [0.1, 0.15) is 11.5 Å². The number of phenolic OH excluding ortho intramolecular Hbond substituents is 1. The molecule has 0 bridgehead atoms. The van der Waals surface area contributed by atoms with Gasteiger partial charge in [0, 0.05) is 11.6 Å². The van der Waals surface area contributed by atoms with Crippen molar-refractivity contribution in [2.75, 3.05) is 7.11 Å². The van der Waals surface area contributed by atoms with Gasteiger partial charge in [-0.1, -0.05) is 6.07 Å². The molecule has 116 valence electrons. The predicted molar refractivity (Wildman–Crippen MR) is 83.3 cm³/mol. The molecule has 0 spiro atoms. The highest BCUT2D eigenvalue weighted by molar-refractivity contribution is 5.68. The number of aromatic hydroxyl groups is 1. The normalized spacial score (nSPS) is 11.0. The number of nitrogens with zero attached hydrogens (tertiary/aromatic N) is 2. The maximum atomic E-state index is 12.9. The second-order valence-electron chi connectivity index (χ2n) is 4.72. The Labute approximate surface area is 131 Å². The van der Waals surface area contributed by atoms with Gasteiger partial charge >= 0.3 is 0 Å². The number of hydrogen-bond acceptors (Lipinski definition) is 5. The van der Waals surface area contributed by atoms with Crippen molar-refractivity contribution in [1.29, 1.82) is 0 Å². The van der Waals surface area contributed by atoms with Gasteiger partial charge in [0.1, 0.15) is 5.82 Å². The first-order chi connectivity index (χ1) is 11.2. The Bertz CT molecular complexity index is 841. The number of rotatable bonds is 4. The van der Waals surface area contributed by atoms with Crippen molar-refractivity contribution in [2.45, 2.75) is 0 Å². The van der Waals surface area contributed by atoms with Gasteiger partial charge in [0.05, 0.1) is 7.11 Å². The van der Waals surface area contributed by atoms with Crippen molar-refractivity contribution in [3.8, 4) is 23.0 Å². The minimum Gasteiger partial charge on any atom is -0.504 e. The largest absolute Gasteiger partial charge is 0.504 e. The molecule has 0 aliphatic rings. The number of benzene rings is 2. The van der Waals surface area contributed by atoms with E-state index in [4.69, 9.17) is 9.15 Å². The molecule has 0 unspecified atom stereocenters. The van der Waals surface area contributed by atoms with Crippen LogP contribution in [0.15, 0.2) is 46.9 Å². The molecule has 23 heavy (non-hydrogen) atoms. The fourth-order valence-electron chi connectivity index (χ4n) is 1.98. The summed E-state index contributed by atoms with van der Waals surface area (Å²) in [5.41, 5.74) is 1.45. The van der Waals surface area contributed by atoms with Gasteiger partial charge < -0.3 is 14.3 Å². The van der Waals surface area contributed by atoms with Crippen molar-refractivity contribution in [2.24, 2.45) is 0 Å². The fraction of sp³-hybridized carbons (Fsp3) is 0.0588. The highest BCUT2D eigenvalue weighted by Crippen LogP contribution is 2.27. The Morgan fingerprint density at radius 1 is 1.09 bits per heavy atom. The summed E-state index contributed by atoms with van der Waals surface area (Å²) in [7, 11) is 1.48. The zero-order valence-electron chi connectivity index (χ0n) is 12.2. The number of halogens is 1. The van der Waals surface area contributed by atoms with E-state index in [1.54, 1.807) is 36.4 Å². The standard InChI is InChI=1S/C17H13FN2O3/c1-22-15-10-11(2-8-14(15)21)3-9-16-19-20-17(23-16)12-4-6-13(18)7-5-12/h2-10,21H,1H3/b9-3+. The van der Waals surface area contributed by atoms with Crippen LogP contribution >= 0.6 is 0 Å². The first kappa shape index (κ1) is 14.8. The third-order valence-electron chi connectivity index (χ3n) is 3.15. The highest BCUT2D eigenvalue weighted by Gasteiger charge is 2.07. The summed E-state index contributed by atoms with van der Waals surface area (Å²) in [6.45, 7) is 0.